The van der Waals surface area contributed by atoms with Crippen molar-refractivity contribution in [3.8, 4) is 0 Å². The van der Waals surface area contributed by atoms with Crippen molar-refractivity contribution in [2.75, 3.05) is 5.75 Å². The van der Waals surface area contributed by atoms with Gasteiger partial charge in [-0.1, -0.05) is 13.8 Å². The van der Waals surface area contributed by atoms with Crippen LogP contribution < -0.4 is 0 Å². The van der Waals surface area contributed by atoms with Gasteiger partial charge in [0, 0.05) is 11.7 Å². The Morgan fingerprint density at radius 2 is 2.33 bits per heavy atom. The lowest BCUT2D eigenvalue weighted by atomic mass is 10.1. The Morgan fingerprint density at radius 3 is 2.58 bits per heavy atom. The Labute approximate surface area is 76.3 Å². The summed E-state index contributed by atoms with van der Waals surface area (Å²) in [4.78, 5) is 15.0. The summed E-state index contributed by atoms with van der Waals surface area (Å²) in [6.45, 7) is 5.72. The maximum atomic E-state index is 10.8. The number of carboxylic acid groups (broad SMARTS) is 1. The molecule has 1 heterocycles. The van der Waals surface area contributed by atoms with E-state index in [0.29, 0.717) is 11.7 Å². The highest BCUT2D eigenvalue weighted by Crippen LogP contribution is 2.30. The second-order valence-electron chi connectivity index (χ2n) is 3.47. The molecule has 0 saturated heterocycles. The van der Waals surface area contributed by atoms with E-state index in [9.17, 15) is 4.79 Å². The van der Waals surface area contributed by atoms with Crippen LogP contribution in [0.25, 0.3) is 0 Å². The first kappa shape index (κ1) is 9.58. The predicted octanol–water partition coefficient (Wildman–Crippen LogP) is 1.63. The van der Waals surface area contributed by atoms with Crippen LogP contribution >= 0.6 is 11.8 Å². The molecule has 1 aliphatic heterocycles. The summed E-state index contributed by atoms with van der Waals surface area (Å²) in [6, 6.07) is 0. The van der Waals surface area contributed by atoms with E-state index in [-0.39, 0.29) is 0 Å². The zero-order chi connectivity index (χ0) is 9.35. The highest BCUT2D eigenvalue weighted by atomic mass is 32.2. The van der Waals surface area contributed by atoms with Crippen LogP contribution in [0.1, 0.15) is 20.8 Å². The van der Waals surface area contributed by atoms with E-state index in [1.54, 1.807) is 18.7 Å². The topological polar surface area (TPSA) is 49.7 Å². The van der Waals surface area contributed by atoms with E-state index >= 15 is 0 Å². The van der Waals surface area contributed by atoms with Crippen LogP contribution in [0.4, 0.5) is 0 Å². The monoisotopic (exact) mass is 187 g/mol. The molecular formula is C8H13NO2S. The zero-order valence-corrected chi connectivity index (χ0v) is 8.31. The van der Waals surface area contributed by atoms with Gasteiger partial charge in [0.1, 0.15) is 0 Å². The van der Waals surface area contributed by atoms with Gasteiger partial charge in [-0.3, -0.25) is 4.99 Å². The van der Waals surface area contributed by atoms with Crippen LogP contribution in [0.5, 0.6) is 0 Å². The Hall–Kier alpha value is -0.510. The number of carboxylic acids is 1. The second-order valence-corrected chi connectivity index (χ2v) is 4.47. The number of carbonyl (C=O) groups is 1. The van der Waals surface area contributed by atoms with Crippen molar-refractivity contribution in [1.29, 1.82) is 0 Å². The van der Waals surface area contributed by atoms with Gasteiger partial charge in [0.05, 0.1) is 5.04 Å². The first-order valence-corrected chi connectivity index (χ1v) is 4.90. The molecule has 1 atom stereocenters. The summed E-state index contributed by atoms with van der Waals surface area (Å²) in [5.74, 6) is 0.0809. The number of thioether (sulfide) groups is 1. The summed E-state index contributed by atoms with van der Waals surface area (Å²) in [5.41, 5.74) is -0.885. The van der Waals surface area contributed by atoms with Crippen LogP contribution in [0, 0.1) is 5.92 Å². The van der Waals surface area contributed by atoms with Crippen molar-refractivity contribution >= 4 is 22.8 Å². The third-order valence-corrected chi connectivity index (χ3v) is 3.38. The summed E-state index contributed by atoms with van der Waals surface area (Å²) in [7, 11) is 0. The third kappa shape index (κ3) is 1.63. The van der Waals surface area contributed by atoms with Crippen LogP contribution in [0.3, 0.4) is 0 Å². The molecule has 0 amide bonds. The maximum Gasteiger partial charge on any atom is 0.332 e. The average molecular weight is 187 g/mol. The molecule has 12 heavy (non-hydrogen) atoms. The summed E-state index contributed by atoms with van der Waals surface area (Å²) < 4.78 is 0. The third-order valence-electron chi connectivity index (χ3n) is 1.81. The van der Waals surface area contributed by atoms with Crippen molar-refractivity contribution in [2.24, 2.45) is 10.9 Å². The minimum absolute atomic E-state index is 0.344. The first-order chi connectivity index (χ1) is 5.46. The molecular weight excluding hydrogens is 174 g/mol. The smallest absolute Gasteiger partial charge is 0.332 e. The molecule has 68 valence electrons. The number of hydrogen-bond donors (Lipinski definition) is 1. The van der Waals surface area contributed by atoms with Gasteiger partial charge in [-0.05, 0) is 6.92 Å². The van der Waals surface area contributed by atoms with Crippen LogP contribution in [-0.2, 0) is 4.79 Å². The molecule has 0 fully saturated rings. The fourth-order valence-electron chi connectivity index (χ4n) is 0.928. The molecule has 0 radical (unpaired) electrons. The molecule has 4 heteroatoms. The lowest BCUT2D eigenvalue weighted by Gasteiger charge is -2.11. The molecule has 0 saturated carbocycles. The van der Waals surface area contributed by atoms with Crippen LogP contribution in [-0.4, -0.2) is 27.4 Å². The Bertz CT molecular complexity index is 237. The van der Waals surface area contributed by atoms with Gasteiger partial charge in [-0.15, -0.1) is 11.8 Å². The largest absolute Gasteiger partial charge is 0.479 e. The van der Waals surface area contributed by atoms with Gasteiger partial charge in [0.25, 0.3) is 0 Å². The summed E-state index contributed by atoms with van der Waals surface area (Å²) in [6.07, 6.45) is 0. The fraction of sp³-hybridized carbons (Fsp3) is 0.750. The van der Waals surface area contributed by atoms with Crippen molar-refractivity contribution in [3.63, 3.8) is 0 Å². The van der Waals surface area contributed by atoms with Gasteiger partial charge in [0.15, 0.2) is 5.54 Å². The van der Waals surface area contributed by atoms with E-state index < -0.39 is 11.5 Å². The number of hydrogen-bond acceptors (Lipinski definition) is 3. The van der Waals surface area contributed by atoms with E-state index in [2.05, 4.69) is 4.99 Å². The lowest BCUT2D eigenvalue weighted by Crippen LogP contribution is -2.33. The van der Waals surface area contributed by atoms with Crippen molar-refractivity contribution in [1.82, 2.24) is 0 Å². The van der Waals surface area contributed by atoms with E-state index in [0.717, 1.165) is 5.04 Å². The van der Waals surface area contributed by atoms with E-state index in [1.165, 1.54) is 0 Å². The SMILES string of the molecule is CC(C)C1=N[C@@](C)(C(=O)O)CS1. The zero-order valence-electron chi connectivity index (χ0n) is 7.50. The molecule has 0 aliphatic carbocycles. The highest BCUT2D eigenvalue weighted by molar-refractivity contribution is 8.14. The molecule has 0 unspecified atom stereocenters. The standard InChI is InChI=1S/C8H13NO2S/c1-5(2)6-9-8(3,4-12-6)7(10)11/h5H,4H2,1-3H3,(H,10,11)/t8-/m1/s1. The van der Waals surface area contributed by atoms with Crippen molar-refractivity contribution in [2.45, 2.75) is 26.3 Å². The quantitative estimate of drug-likeness (QED) is 0.714. The predicted molar refractivity (Wildman–Crippen MR) is 50.8 cm³/mol. The molecule has 0 spiro atoms. The molecule has 0 aromatic carbocycles. The Kier molecular flexibility index (Phi) is 2.46. The first-order valence-electron chi connectivity index (χ1n) is 3.91. The molecule has 1 aliphatic rings. The van der Waals surface area contributed by atoms with Crippen LogP contribution in [0.2, 0.25) is 0 Å². The van der Waals surface area contributed by atoms with Gasteiger partial charge in [0.2, 0.25) is 0 Å². The number of rotatable bonds is 2. The molecule has 3 nitrogen and oxygen atoms in total. The minimum atomic E-state index is -0.885. The molecule has 0 aromatic rings. The summed E-state index contributed by atoms with van der Waals surface area (Å²) >= 11 is 1.55. The number of nitrogens with zero attached hydrogens (tertiary/aromatic N) is 1. The highest BCUT2D eigenvalue weighted by Gasteiger charge is 2.38. The second kappa shape index (κ2) is 3.09. The van der Waals surface area contributed by atoms with Crippen molar-refractivity contribution in [3.05, 3.63) is 0 Å². The number of aliphatic carboxylic acids is 1. The average Bonchev–Trinajstić information content (AvgIpc) is 2.33. The molecule has 0 bridgehead atoms. The van der Waals surface area contributed by atoms with E-state index in [4.69, 9.17) is 5.11 Å². The van der Waals surface area contributed by atoms with Gasteiger partial charge >= 0.3 is 5.97 Å². The van der Waals surface area contributed by atoms with Crippen molar-refractivity contribution < 1.29 is 9.90 Å². The minimum Gasteiger partial charge on any atom is -0.479 e. The molecule has 1 N–H and O–H groups in total. The van der Waals surface area contributed by atoms with Gasteiger partial charge in [-0.2, -0.15) is 0 Å². The van der Waals surface area contributed by atoms with Crippen LogP contribution in [0.15, 0.2) is 4.99 Å². The molecule has 1 rings (SSSR count). The van der Waals surface area contributed by atoms with E-state index in [1.807, 2.05) is 13.8 Å². The maximum absolute atomic E-state index is 10.8. The fourth-order valence-corrected chi connectivity index (χ4v) is 2.14. The van der Waals surface area contributed by atoms with Gasteiger partial charge < -0.3 is 5.11 Å². The molecule has 0 aromatic heterocycles. The lowest BCUT2D eigenvalue weighted by molar-refractivity contribution is -0.141. The number of aliphatic imine (C=N–C) groups is 1. The Morgan fingerprint density at radius 1 is 1.75 bits per heavy atom. The van der Waals surface area contributed by atoms with Gasteiger partial charge in [-0.25, -0.2) is 4.79 Å². The normalized spacial score (nSPS) is 29.2. The summed E-state index contributed by atoms with van der Waals surface area (Å²) in [5, 5.41) is 9.81. The Balaban J connectivity index is 2.82.